The number of carboxylic acid groups (broad SMARTS) is 1. The number of amides is 2. The molecular formula is C18H26N2O5S. The van der Waals surface area contributed by atoms with E-state index >= 15 is 0 Å². The minimum atomic E-state index is -1.33. The minimum Gasteiger partial charge on any atom is -0.480 e. The van der Waals surface area contributed by atoms with Gasteiger partial charge in [0.15, 0.2) is 6.04 Å². The topological polar surface area (TPSA) is 107 Å². The lowest BCUT2D eigenvalue weighted by Gasteiger charge is -2.11. The molecule has 0 aromatic heterocycles. The van der Waals surface area contributed by atoms with Gasteiger partial charge in [-0.25, -0.2) is 4.79 Å². The van der Waals surface area contributed by atoms with Crippen molar-refractivity contribution >= 4 is 37.4 Å². The highest BCUT2D eigenvalue weighted by Gasteiger charge is 2.19. The molecule has 0 aliphatic carbocycles. The summed E-state index contributed by atoms with van der Waals surface area (Å²) in [5.74, 6) is -1.77. The Hall–Kier alpha value is -2.32. The Morgan fingerprint density at radius 2 is 1.96 bits per heavy atom. The second kappa shape index (κ2) is 12.1. The van der Waals surface area contributed by atoms with Crippen LogP contribution in [-0.2, 0) is 9.59 Å². The third-order valence-electron chi connectivity index (χ3n) is 3.51. The van der Waals surface area contributed by atoms with E-state index in [1.54, 1.807) is 37.2 Å². The van der Waals surface area contributed by atoms with Crippen molar-refractivity contribution in [1.82, 2.24) is 10.2 Å². The van der Waals surface area contributed by atoms with Crippen LogP contribution in [0.4, 0.5) is 0 Å². The lowest BCUT2D eigenvalue weighted by Crippen LogP contribution is -2.43. The van der Waals surface area contributed by atoms with Crippen molar-refractivity contribution in [2.24, 2.45) is 0 Å². The van der Waals surface area contributed by atoms with Crippen LogP contribution in [0.1, 0.15) is 35.2 Å². The maximum absolute atomic E-state index is 12.0. The molecule has 26 heavy (non-hydrogen) atoms. The number of hydrogen-bond acceptors (Lipinski definition) is 4. The van der Waals surface area contributed by atoms with Gasteiger partial charge in [0, 0.05) is 26.1 Å². The first-order valence-electron chi connectivity index (χ1n) is 7.96. The maximum Gasteiger partial charge on any atom is 0.328 e. The fourth-order valence-corrected chi connectivity index (χ4v) is 2.02. The third-order valence-corrected chi connectivity index (χ3v) is 3.51. The SMILES string of the molecule is CN(C)C(=O)CCC/C=C\c1cccc(C(=O)N[C@@H](CO)C(=O)O)c1.S. The minimum absolute atomic E-state index is 0. The van der Waals surface area contributed by atoms with Crippen LogP contribution in [0.15, 0.2) is 30.3 Å². The van der Waals surface area contributed by atoms with Crippen molar-refractivity contribution in [3.8, 4) is 0 Å². The van der Waals surface area contributed by atoms with Gasteiger partial charge >= 0.3 is 5.97 Å². The molecule has 8 heteroatoms. The lowest BCUT2D eigenvalue weighted by atomic mass is 10.1. The molecule has 0 spiro atoms. The Labute approximate surface area is 160 Å². The number of hydrogen-bond donors (Lipinski definition) is 3. The average molecular weight is 382 g/mol. The van der Waals surface area contributed by atoms with E-state index in [1.165, 1.54) is 0 Å². The summed E-state index contributed by atoms with van der Waals surface area (Å²) in [5.41, 5.74) is 1.10. The fraction of sp³-hybridized carbons (Fsp3) is 0.389. The van der Waals surface area contributed by atoms with E-state index in [-0.39, 0.29) is 19.4 Å². The summed E-state index contributed by atoms with van der Waals surface area (Å²) in [5, 5.41) is 20.1. The number of carboxylic acids is 1. The summed E-state index contributed by atoms with van der Waals surface area (Å²) < 4.78 is 0. The van der Waals surface area contributed by atoms with Crippen LogP contribution < -0.4 is 5.32 Å². The molecule has 0 radical (unpaired) electrons. The number of aliphatic carboxylic acids is 1. The molecule has 0 bridgehead atoms. The first-order valence-corrected chi connectivity index (χ1v) is 7.96. The Morgan fingerprint density at radius 1 is 1.27 bits per heavy atom. The summed E-state index contributed by atoms with van der Waals surface area (Å²) in [6, 6.07) is 5.38. The number of allylic oxidation sites excluding steroid dienone is 1. The number of nitrogens with one attached hydrogen (secondary N) is 1. The van der Waals surface area contributed by atoms with E-state index in [4.69, 9.17) is 10.2 Å². The van der Waals surface area contributed by atoms with Crippen molar-refractivity contribution in [1.29, 1.82) is 0 Å². The second-order valence-corrected chi connectivity index (χ2v) is 5.76. The first-order chi connectivity index (χ1) is 11.8. The molecule has 0 saturated carbocycles. The average Bonchev–Trinajstić information content (AvgIpc) is 2.58. The van der Waals surface area contributed by atoms with Crippen molar-refractivity contribution in [2.45, 2.75) is 25.3 Å². The van der Waals surface area contributed by atoms with Crippen LogP contribution in [0.3, 0.4) is 0 Å². The Bertz CT molecular complexity index is 646. The van der Waals surface area contributed by atoms with E-state index in [9.17, 15) is 14.4 Å². The van der Waals surface area contributed by atoms with Crippen LogP contribution in [-0.4, -0.2) is 59.6 Å². The largest absolute Gasteiger partial charge is 0.480 e. The van der Waals surface area contributed by atoms with Gasteiger partial charge in [0.1, 0.15) is 0 Å². The molecule has 0 heterocycles. The van der Waals surface area contributed by atoms with Crippen molar-refractivity contribution in [3.05, 3.63) is 41.5 Å². The second-order valence-electron chi connectivity index (χ2n) is 5.76. The molecule has 1 aromatic carbocycles. The highest BCUT2D eigenvalue weighted by atomic mass is 32.1. The van der Waals surface area contributed by atoms with Crippen LogP contribution in [0.2, 0.25) is 0 Å². The van der Waals surface area contributed by atoms with E-state index in [1.807, 2.05) is 18.2 Å². The smallest absolute Gasteiger partial charge is 0.328 e. The molecule has 1 atom stereocenters. The number of benzene rings is 1. The summed E-state index contributed by atoms with van der Waals surface area (Å²) in [6.07, 6.45) is 5.73. The maximum atomic E-state index is 12.0. The number of nitrogens with zero attached hydrogens (tertiary/aromatic N) is 1. The Balaban J connectivity index is 0.00000625. The summed E-state index contributed by atoms with van der Waals surface area (Å²) in [7, 11) is 3.45. The van der Waals surface area contributed by atoms with Crippen LogP contribution in [0, 0.1) is 0 Å². The number of carbonyl (C=O) groups excluding carboxylic acids is 2. The Morgan fingerprint density at radius 3 is 2.54 bits per heavy atom. The van der Waals surface area contributed by atoms with Gasteiger partial charge < -0.3 is 20.4 Å². The standard InChI is InChI=1S/C18H24N2O5.H2S/c1-20(2)16(22)10-5-3-4-7-13-8-6-9-14(11-13)17(23)19-15(12-21)18(24)25;/h4,6-9,11,15,21H,3,5,10,12H2,1-2H3,(H,19,23)(H,24,25);1H2/b7-4-;/t15-;/m0./s1. The molecule has 1 aromatic rings. The predicted molar refractivity (Wildman–Crippen MR) is 104 cm³/mol. The zero-order valence-corrected chi connectivity index (χ0v) is 15.9. The van der Waals surface area contributed by atoms with E-state index in [2.05, 4.69) is 5.32 Å². The molecule has 0 aliphatic rings. The van der Waals surface area contributed by atoms with Crippen LogP contribution in [0.5, 0.6) is 0 Å². The molecule has 1 rings (SSSR count). The van der Waals surface area contributed by atoms with Crippen molar-refractivity contribution in [3.63, 3.8) is 0 Å². The van der Waals surface area contributed by atoms with Gasteiger partial charge in [-0.05, 0) is 30.5 Å². The number of aliphatic hydroxyl groups is 1. The molecule has 0 saturated heterocycles. The lowest BCUT2D eigenvalue weighted by molar-refractivity contribution is -0.140. The number of unbranched alkanes of at least 4 members (excludes halogenated alkanes) is 1. The molecule has 7 nitrogen and oxygen atoms in total. The van der Waals surface area contributed by atoms with Gasteiger partial charge in [0.05, 0.1) is 6.61 Å². The predicted octanol–water partition coefficient (Wildman–Crippen LogP) is 1.25. The molecule has 2 amide bonds. The number of aliphatic hydroxyl groups excluding tert-OH is 1. The first kappa shape index (κ1) is 23.7. The van der Waals surface area contributed by atoms with Gasteiger partial charge in [-0.2, -0.15) is 13.5 Å². The zero-order valence-electron chi connectivity index (χ0n) is 14.9. The molecule has 0 fully saturated rings. The number of rotatable bonds is 9. The zero-order chi connectivity index (χ0) is 18.8. The number of carbonyl (C=O) groups is 3. The van der Waals surface area contributed by atoms with Gasteiger partial charge in [-0.3, -0.25) is 9.59 Å². The molecule has 0 unspecified atom stereocenters. The van der Waals surface area contributed by atoms with Crippen molar-refractivity contribution in [2.75, 3.05) is 20.7 Å². The summed E-state index contributed by atoms with van der Waals surface area (Å²) >= 11 is 0. The van der Waals surface area contributed by atoms with Crippen LogP contribution >= 0.6 is 13.5 Å². The van der Waals surface area contributed by atoms with Gasteiger partial charge in [0.25, 0.3) is 5.91 Å². The third kappa shape index (κ3) is 8.17. The van der Waals surface area contributed by atoms with E-state index in [0.717, 1.165) is 18.4 Å². The summed E-state index contributed by atoms with van der Waals surface area (Å²) in [4.78, 5) is 35.9. The van der Waals surface area contributed by atoms with Gasteiger partial charge in [-0.1, -0.05) is 24.3 Å². The normalized spacial score (nSPS) is 11.5. The summed E-state index contributed by atoms with van der Waals surface area (Å²) in [6.45, 7) is -0.674. The van der Waals surface area contributed by atoms with Crippen LogP contribution in [0.25, 0.3) is 6.08 Å². The van der Waals surface area contributed by atoms with Gasteiger partial charge in [-0.15, -0.1) is 0 Å². The quantitative estimate of drug-likeness (QED) is 0.557. The molecule has 144 valence electrons. The Kier molecular flexibility index (Phi) is 11.0. The van der Waals surface area contributed by atoms with Crippen molar-refractivity contribution < 1.29 is 24.6 Å². The molecular weight excluding hydrogens is 356 g/mol. The highest BCUT2D eigenvalue weighted by Crippen LogP contribution is 2.09. The van der Waals surface area contributed by atoms with E-state index < -0.39 is 24.5 Å². The monoisotopic (exact) mass is 382 g/mol. The van der Waals surface area contributed by atoms with E-state index in [0.29, 0.717) is 12.0 Å². The highest BCUT2D eigenvalue weighted by molar-refractivity contribution is 7.59. The molecule has 0 aliphatic heterocycles. The molecule has 3 N–H and O–H groups in total. The van der Waals surface area contributed by atoms with Gasteiger partial charge in [0.2, 0.25) is 5.91 Å². The fourth-order valence-electron chi connectivity index (χ4n) is 2.02.